The highest BCUT2D eigenvalue weighted by Gasteiger charge is 2.05. The number of ketones is 1. The Kier molecular flexibility index (Phi) is 4.82. The van der Waals surface area contributed by atoms with Crippen molar-refractivity contribution >= 4 is 5.78 Å². The maximum absolute atomic E-state index is 10.9. The Morgan fingerprint density at radius 1 is 1.31 bits per heavy atom. The number of hydrogen-bond acceptors (Lipinski definition) is 2. The van der Waals surface area contributed by atoms with Crippen molar-refractivity contribution in [1.29, 1.82) is 0 Å². The average Bonchev–Trinajstić information content (AvgIpc) is 2.13. The van der Waals surface area contributed by atoms with E-state index in [0.717, 1.165) is 0 Å². The molecule has 0 heterocycles. The summed E-state index contributed by atoms with van der Waals surface area (Å²) in [5.41, 5.74) is 1.24. The van der Waals surface area contributed by atoms with Crippen LogP contribution in [-0.4, -0.2) is 10.9 Å². The van der Waals surface area contributed by atoms with Crippen LogP contribution >= 0.6 is 0 Å². The van der Waals surface area contributed by atoms with E-state index in [4.69, 9.17) is 0 Å². The fraction of sp³-hybridized carbons (Fsp3) is 0.364. The van der Waals surface area contributed by atoms with Gasteiger partial charge in [0.25, 0.3) is 0 Å². The first-order valence-corrected chi connectivity index (χ1v) is 4.42. The Morgan fingerprint density at radius 2 is 1.85 bits per heavy atom. The Morgan fingerprint density at radius 3 is 2.23 bits per heavy atom. The summed E-state index contributed by atoms with van der Waals surface area (Å²) in [6, 6.07) is 4.94. The van der Waals surface area contributed by atoms with Crippen molar-refractivity contribution < 1.29 is 9.90 Å². The Labute approximate surface area is 79.2 Å². The number of Topliss-reactive ketones (excluding diaryl/α,β-unsaturated/α-hetero) is 1. The van der Waals surface area contributed by atoms with Crippen molar-refractivity contribution in [2.24, 2.45) is 0 Å². The van der Waals surface area contributed by atoms with Crippen LogP contribution < -0.4 is 0 Å². The fourth-order valence-electron chi connectivity index (χ4n) is 1.00. The van der Waals surface area contributed by atoms with Crippen molar-refractivity contribution in [3.63, 3.8) is 0 Å². The van der Waals surface area contributed by atoms with E-state index < -0.39 is 0 Å². The summed E-state index contributed by atoms with van der Waals surface area (Å²) in [7, 11) is 0. The molecule has 1 aromatic rings. The molecule has 0 unspecified atom stereocenters. The van der Waals surface area contributed by atoms with E-state index in [0.29, 0.717) is 11.1 Å². The monoisotopic (exact) mass is 180 g/mol. The number of carbonyl (C=O) groups excluding carboxylic acids is 1. The summed E-state index contributed by atoms with van der Waals surface area (Å²) in [5.74, 6) is 0.163. The second kappa shape index (κ2) is 5.36. The average molecular weight is 180 g/mol. The molecule has 13 heavy (non-hydrogen) atoms. The van der Waals surface area contributed by atoms with Crippen LogP contribution in [0.4, 0.5) is 0 Å². The van der Waals surface area contributed by atoms with Gasteiger partial charge >= 0.3 is 0 Å². The van der Waals surface area contributed by atoms with E-state index in [1.807, 2.05) is 13.8 Å². The zero-order valence-electron chi connectivity index (χ0n) is 8.59. The maximum Gasteiger partial charge on any atom is 0.160 e. The van der Waals surface area contributed by atoms with Gasteiger partial charge in [0.15, 0.2) is 5.78 Å². The summed E-state index contributed by atoms with van der Waals surface area (Å²) in [4.78, 5) is 10.9. The summed E-state index contributed by atoms with van der Waals surface area (Å²) >= 11 is 0. The molecule has 0 amide bonds. The van der Waals surface area contributed by atoms with E-state index in [1.165, 1.54) is 6.92 Å². The number of rotatable bonds is 1. The third-order valence-electron chi connectivity index (χ3n) is 1.68. The summed E-state index contributed by atoms with van der Waals surface area (Å²) in [6.45, 7) is 7.22. The van der Waals surface area contributed by atoms with Crippen LogP contribution in [0.5, 0.6) is 5.75 Å². The fourth-order valence-corrected chi connectivity index (χ4v) is 1.00. The first-order chi connectivity index (χ1) is 6.13. The maximum atomic E-state index is 10.9. The van der Waals surface area contributed by atoms with Crippen LogP contribution in [0, 0.1) is 6.92 Å². The van der Waals surface area contributed by atoms with Crippen molar-refractivity contribution in [3.8, 4) is 5.75 Å². The zero-order chi connectivity index (χ0) is 10.4. The lowest BCUT2D eigenvalue weighted by atomic mass is 10.1. The number of phenols is 1. The van der Waals surface area contributed by atoms with Crippen LogP contribution in [0.15, 0.2) is 18.2 Å². The molecule has 0 spiro atoms. The highest BCUT2D eigenvalue weighted by Crippen LogP contribution is 2.19. The van der Waals surface area contributed by atoms with Crippen LogP contribution in [-0.2, 0) is 0 Å². The van der Waals surface area contributed by atoms with Gasteiger partial charge < -0.3 is 5.11 Å². The molecule has 72 valence electrons. The summed E-state index contributed by atoms with van der Waals surface area (Å²) in [6.07, 6.45) is 0. The SMILES string of the molecule is CC.CC(=O)c1cccc(O)c1C. The van der Waals surface area contributed by atoms with Crippen molar-refractivity contribution in [2.45, 2.75) is 27.7 Å². The van der Waals surface area contributed by atoms with E-state index in [9.17, 15) is 9.90 Å². The van der Waals surface area contributed by atoms with Gasteiger partial charge in [-0.3, -0.25) is 4.79 Å². The first kappa shape index (κ1) is 11.7. The largest absolute Gasteiger partial charge is 0.508 e. The van der Waals surface area contributed by atoms with E-state index in [-0.39, 0.29) is 11.5 Å². The number of phenolic OH excluding ortho intramolecular Hbond substituents is 1. The molecule has 2 heteroatoms. The van der Waals surface area contributed by atoms with Crippen LogP contribution in [0.25, 0.3) is 0 Å². The summed E-state index contributed by atoms with van der Waals surface area (Å²) in [5, 5.41) is 9.20. The van der Waals surface area contributed by atoms with Crippen LogP contribution in [0.2, 0.25) is 0 Å². The van der Waals surface area contributed by atoms with Gasteiger partial charge in [0.05, 0.1) is 0 Å². The molecule has 0 aliphatic carbocycles. The molecule has 0 saturated heterocycles. The first-order valence-electron chi connectivity index (χ1n) is 4.42. The van der Waals surface area contributed by atoms with Gasteiger partial charge in [0.2, 0.25) is 0 Å². The molecule has 0 radical (unpaired) electrons. The van der Waals surface area contributed by atoms with Crippen molar-refractivity contribution in [2.75, 3.05) is 0 Å². The topological polar surface area (TPSA) is 37.3 Å². The van der Waals surface area contributed by atoms with Crippen LogP contribution in [0.1, 0.15) is 36.7 Å². The molecule has 0 bridgehead atoms. The van der Waals surface area contributed by atoms with E-state index in [2.05, 4.69) is 0 Å². The second-order valence-electron chi connectivity index (χ2n) is 2.51. The molecule has 1 N–H and O–H groups in total. The molecule has 1 aromatic carbocycles. The molecule has 0 aliphatic rings. The number of benzene rings is 1. The second-order valence-corrected chi connectivity index (χ2v) is 2.51. The van der Waals surface area contributed by atoms with Gasteiger partial charge in [-0.05, 0) is 19.9 Å². The Bertz CT molecular complexity index is 290. The van der Waals surface area contributed by atoms with E-state index >= 15 is 0 Å². The van der Waals surface area contributed by atoms with Gasteiger partial charge in [-0.2, -0.15) is 0 Å². The van der Waals surface area contributed by atoms with E-state index in [1.54, 1.807) is 25.1 Å². The molecular weight excluding hydrogens is 164 g/mol. The highest BCUT2D eigenvalue weighted by atomic mass is 16.3. The molecule has 0 aliphatic heterocycles. The van der Waals surface area contributed by atoms with Crippen molar-refractivity contribution in [1.82, 2.24) is 0 Å². The lowest BCUT2D eigenvalue weighted by Gasteiger charge is -2.02. The summed E-state index contributed by atoms with van der Waals surface area (Å²) < 4.78 is 0. The van der Waals surface area contributed by atoms with Gasteiger partial charge in [-0.25, -0.2) is 0 Å². The van der Waals surface area contributed by atoms with Crippen molar-refractivity contribution in [3.05, 3.63) is 29.3 Å². The normalized spacial score (nSPS) is 8.62. The Balaban J connectivity index is 0.000000671. The Hall–Kier alpha value is -1.31. The smallest absolute Gasteiger partial charge is 0.160 e. The van der Waals surface area contributed by atoms with Gasteiger partial charge in [-0.15, -0.1) is 0 Å². The molecule has 1 rings (SSSR count). The quantitative estimate of drug-likeness (QED) is 0.675. The number of carbonyl (C=O) groups is 1. The minimum Gasteiger partial charge on any atom is -0.508 e. The molecule has 0 saturated carbocycles. The van der Waals surface area contributed by atoms with Gasteiger partial charge in [0, 0.05) is 11.1 Å². The molecule has 0 atom stereocenters. The molecule has 0 fully saturated rings. The highest BCUT2D eigenvalue weighted by molar-refractivity contribution is 5.96. The van der Waals surface area contributed by atoms with Gasteiger partial charge in [0.1, 0.15) is 5.75 Å². The predicted octanol–water partition coefficient (Wildman–Crippen LogP) is 2.93. The number of hydrogen-bond donors (Lipinski definition) is 1. The molecular formula is C11H16O2. The number of aromatic hydroxyl groups is 1. The third kappa shape index (κ3) is 2.90. The minimum absolute atomic E-state index is 0.0154. The zero-order valence-corrected chi connectivity index (χ0v) is 8.59. The third-order valence-corrected chi connectivity index (χ3v) is 1.68. The lowest BCUT2D eigenvalue weighted by molar-refractivity contribution is 0.101. The lowest BCUT2D eigenvalue weighted by Crippen LogP contribution is -1.94. The molecule has 2 nitrogen and oxygen atoms in total. The van der Waals surface area contributed by atoms with Crippen LogP contribution in [0.3, 0.4) is 0 Å². The minimum atomic E-state index is -0.0154. The predicted molar refractivity (Wildman–Crippen MR) is 54.2 cm³/mol. The van der Waals surface area contributed by atoms with Gasteiger partial charge in [-0.1, -0.05) is 26.0 Å². The standard InChI is InChI=1S/C9H10O2.C2H6/c1-6-8(7(2)10)4-3-5-9(6)11;1-2/h3-5,11H,1-2H3;1-2H3. The molecule has 0 aromatic heterocycles.